The summed E-state index contributed by atoms with van der Waals surface area (Å²) in [6.07, 6.45) is 0. The van der Waals surface area contributed by atoms with Gasteiger partial charge < -0.3 is 19.9 Å². The van der Waals surface area contributed by atoms with Gasteiger partial charge in [0, 0.05) is 56.7 Å². The average Bonchev–Trinajstić information content (AvgIpc) is 2.77. The van der Waals surface area contributed by atoms with Crippen LogP contribution in [0, 0.1) is 10.1 Å². The number of nitro benzene ring substituents is 1. The standard InChI is InChI=1S/C20H22N4O5/c1-21-18-8-7-16(24(27)28)13-17(18)20(26)29-14-19(25)23-11-9-22(10-12-23)15-5-3-2-4-6-15/h2-8,13,21H,9-12,14H2,1H3. The van der Waals surface area contributed by atoms with E-state index in [2.05, 4.69) is 10.2 Å². The smallest absolute Gasteiger partial charge is 0.341 e. The zero-order valence-corrected chi connectivity index (χ0v) is 16.0. The number of anilines is 2. The molecule has 0 bridgehead atoms. The number of non-ortho nitro benzene ring substituents is 1. The minimum Gasteiger partial charge on any atom is -0.452 e. The van der Waals surface area contributed by atoms with Gasteiger partial charge in [-0.15, -0.1) is 0 Å². The number of hydrogen-bond donors (Lipinski definition) is 1. The lowest BCUT2D eigenvalue weighted by Gasteiger charge is -2.36. The lowest BCUT2D eigenvalue weighted by Crippen LogP contribution is -2.49. The first-order chi connectivity index (χ1) is 14.0. The summed E-state index contributed by atoms with van der Waals surface area (Å²) in [5, 5.41) is 13.7. The average molecular weight is 398 g/mol. The Morgan fingerprint density at radius 1 is 1.10 bits per heavy atom. The molecule has 0 unspecified atom stereocenters. The second-order valence-electron chi connectivity index (χ2n) is 6.52. The molecule has 1 saturated heterocycles. The molecule has 29 heavy (non-hydrogen) atoms. The summed E-state index contributed by atoms with van der Waals surface area (Å²) >= 11 is 0. The lowest BCUT2D eigenvalue weighted by molar-refractivity contribution is -0.384. The number of nitrogens with one attached hydrogen (secondary N) is 1. The van der Waals surface area contributed by atoms with E-state index in [0.29, 0.717) is 31.9 Å². The largest absolute Gasteiger partial charge is 0.452 e. The monoisotopic (exact) mass is 398 g/mol. The van der Waals surface area contributed by atoms with E-state index in [-0.39, 0.29) is 17.2 Å². The van der Waals surface area contributed by atoms with Crippen LogP contribution < -0.4 is 10.2 Å². The van der Waals surface area contributed by atoms with E-state index in [1.165, 1.54) is 12.1 Å². The van der Waals surface area contributed by atoms with Crippen molar-refractivity contribution >= 4 is 28.9 Å². The molecule has 0 aliphatic carbocycles. The second kappa shape index (κ2) is 9.05. The van der Waals surface area contributed by atoms with Crippen molar-refractivity contribution in [2.75, 3.05) is 50.1 Å². The third-order valence-electron chi connectivity index (χ3n) is 4.78. The minimum atomic E-state index is -0.783. The molecule has 1 N–H and O–H groups in total. The predicted molar refractivity (Wildman–Crippen MR) is 108 cm³/mol. The van der Waals surface area contributed by atoms with Crippen LogP contribution in [0.2, 0.25) is 0 Å². The van der Waals surface area contributed by atoms with Crippen LogP contribution in [0.1, 0.15) is 10.4 Å². The molecule has 1 aliphatic rings. The molecule has 0 spiro atoms. The number of rotatable bonds is 6. The minimum absolute atomic E-state index is 0.0170. The number of ether oxygens (including phenoxy) is 1. The molecule has 0 saturated carbocycles. The van der Waals surface area contributed by atoms with Crippen molar-refractivity contribution in [1.82, 2.24) is 4.90 Å². The van der Waals surface area contributed by atoms with Crippen LogP contribution in [-0.4, -0.2) is 61.5 Å². The summed E-state index contributed by atoms with van der Waals surface area (Å²) < 4.78 is 5.13. The van der Waals surface area contributed by atoms with Gasteiger partial charge in [0.15, 0.2) is 6.61 Å². The first kappa shape index (κ1) is 20.1. The number of nitrogens with zero attached hydrogens (tertiary/aromatic N) is 3. The first-order valence-electron chi connectivity index (χ1n) is 9.20. The molecule has 2 aromatic carbocycles. The van der Waals surface area contributed by atoms with Crippen LogP contribution >= 0.6 is 0 Å². The molecule has 9 heteroatoms. The number of hydrogen-bond acceptors (Lipinski definition) is 7. The fourth-order valence-corrected chi connectivity index (χ4v) is 3.18. The van der Waals surface area contributed by atoms with Crippen molar-refractivity contribution in [3.63, 3.8) is 0 Å². The maximum Gasteiger partial charge on any atom is 0.341 e. The molecule has 0 aromatic heterocycles. The molecule has 0 atom stereocenters. The third-order valence-corrected chi connectivity index (χ3v) is 4.78. The van der Waals surface area contributed by atoms with Gasteiger partial charge in [-0.2, -0.15) is 0 Å². The van der Waals surface area contributed by atoms with Crippen molar-refractivity contribution in [2.24, 2.45) is 0 Å². The van der Waals surface area contributed by atoms with Gasteiger partial charge in [-0.05, 0) is 18.2 Å². The zero-order chi connectivity index (χ0) is 20.8. The Hall–Kier alpha value is -3.62. The molecule has 2 aromatic rings. The molecule has 152 valence electrons. The fraction of sp³-hybridized carbons (Fsp3) is 0.300. The molecular formula is C20H22N4O5. The number of carbonyl (C=O) groups is 2. The molecule has 9 nitrogen and oxygen atoms in total. The summed E-state index contributed by atoms with van der Waals surface area (Å²) in [7, 11) is 1.59. The van der Waals surface area contributed by atoms with E-state index in [9.17, 15) is 19.7 Å². The van der Waals surface area contributed by atoms with Gasteiger partial charge in [0.05, 0.1) is 10.5 Å². The highest BCUT2D eigenvalue weighted by molar-refractivity contribution is 5.97. The van der Waals surface area contributed by atoms with Crippen LogP contribution in [0.15, 0.2) is 48.5 Å². The van der Waals surface area contributed by atoms with E-state index >= 15 is 0 Å². The van der Waals surface area contributed by atoms with Crippen LogP contribution in [0.25, 0.3) is 0 Å². The van der Waals surface area contributed by atoms with Crippen molar-refractivity contribution in [1.29, 1.82) is 0 Å². The molecule has 0 radical (unpaired) electrons. The summed E-state index contributed by atoms with van der Waals surface area (Å²) in [5.41, 5.74) is 1.29. The molecule has 3 rings (SSSR count). The van der Waals surface area contributed by atoms with Gasteiger partial charge in [-0.25, -0.2) is 4.79 Å². The number of amides is 1. The first-order valence-corrected chi connectivity index (χ1v) is 9.20. The Labute approximate surface area is 168 Å². The quantitative estimate of drug-likeness (QED) is 0.451. The van der Waals surface area contributed by atoms with E-state index in [1.807, 2.05) is 30.3 Å². The van der Waals surface area contributed by atoms with Gasteiger partial charge in [-0.3, -0.25) is 14.9 Å². The molecule has 1 aliphatic heterocycles. The van der Waals surface area contributed by atoms with E-state index in [0.717, 1.165) is 11.8 Å². The maximum atomic E-state index is 12.4. The van der Waals surface area contributed by atoms with Gasteiger partial charge in [0.1, 0.15) is 0 Å². The summed E-state index contributed by atoms with van der Waals surface area (Å²) in [6.45, 7) is 2.04. The number of benzene rings is 2. The normalized spacial score (nSPS) is 13.7. The Balaban J connectivity index is 1.55. The van der Waals surface area contributed by atoms with Crippen LogP contribution in [0.5, 0.6) is 0 Å². The van der Waals surface area contributed by atoms with Crippen molar-refractivity contribution in [2.45, 2.75) is 0 Å². The van der Waals surface area contributed by atoms with Crippen molar-refractivity contribution in [3.05, 3.63) is 64.2 Å². The highest BCUT2D eigenvalue weighted by Gasteiger charge is 2.23. The Morgan fingerprint density at radius 2 is 1.79 bits per heavy atom. The van der Waals surface area contributed by atoms with Gasteiger partial charge in [-0.1, -0.05) is 18.2 Å². The fourth-order valence-electron chi connectivity index (χ4n) is 3.18. The Kier molecular flexibility index (Phi) is 6.28. The number of piperazine rings is 1. The van der Waals surface area contributed by atoms with Crippen molar-refractivity contribution in [3.8, 4) is 0 Å². The summed E-state index contributed by atoms with van der Waals surface area (Å²) in [5.74, 6) is -1.07. The SMILES string of the molecule is CNc1ccc([N+](=O)[O-])cc1C(=O)OCC(=O)N1CCN(c2ccccc2)CC1. The number of para-hydroxylation sites is 1. The lowest BCUT2D eigenvalue weighted by atomic mass is 10.1. The van der Waals surface area contributed by atoms with E-state index < -0.39 is 17.5 Å². The third kappa shape index (κ3) is 4.81. The van der Waals surface area contributed by atoms with Gasteiger partial charge in [0.25, 0.3) is 11.6 Å². The molecule has 1 heterocycles. The predicted octanol–water partition coefficient (Wildman–Crippen LogP) is 2.14. The van der Waals surface area contributed by atoms with Crippen LogP contribution in [-0.2, 0) is 9.53 Å². The number of carbonyl (C=O) groups excluding carboxylic acids is 2. The number of nitro groups is 1. The maximum absolute atomic E-state index is 12.4. The number of esters is 1. The van der Waals surface area contributed by atoms with E-state index in [4.69, 9.17) is 4.74 Å². The molecular weight excluding hydrogens is 376 g/mol. The summed E-state index contributed by atoms with van der Waals surface area (Å²) in [6, 6.07) is 13.8. The van der Waals surface area contributed by atoms with Gasteiger partial charge >= 0.3 is 5.97 Å². The Bertz CT molecular complexity index is 895. The highest BCUT2D eigenvalue weighted by Crippen LogP contribution is 2.23. The molecule has 1 fully saturated rings. The van der Waals surface area contributed by atoms with E-state index in [1.54, 1.807) is 11.9 Å². The van der Waals surface area contributed by atoms with Gasteiger partial charge in [0.2, 0.25) is 0 Å². The van der Waals surface area contributed by atoms with Crippen molar-refractivity contribution < 1.29 is 19.2 Å². The summed E-state index contributed by atoms with van der Waals surface area (Å²) in [4.78, 5) is 39.0. The van der Waals surface area contributed by atoms with Crippen LogP contribution in [0.3, 0.4) is 0 Å². The zero-order valence-electron chi connectivity index (χ0n) is 16.0. The highest BCUT2D eigenvalue weighted by atomic mass is 16.6. The Morgan fingerprint density at radius 3 is 2.41 bits per heavy atom. The topological polar surface area (TPSA) is 105 Å². The molecule has 1 amide bonds. The van der Waals surface area contributed by atoms with Crippen LogP contribution in [0.4, 0.5) is 17.1 Å². The second-order valence-corrected chi connectivity index (χ2v) is 6.52.